The van der Waals surface area contributed by atoms with Crippen LogP contribution < -0.4 is 20.2 Å². The van der Waals surface area contributed by atoms with Crippen LogP contribution in [0.1, 0.15) is 22.3 Å². The number of rotatable bonds is 15. The number of pyridine rings is 1. The van der Waals surface area contributed by atoms with E-state index < -0.39 is 15.9 Å². The standard InChI is InChI=1S/C40H36N6O5S/c47-39(45-52(49,50)35-18-20-38(42-26-35)44-43-25-31-12-6-2-7-13-31)21-16-33-27-46(28-40(48)41-23-22-30-10-4-1-5-11-30)37-19-17-34(24-36(33)37)51-29-32-14-8-3-9-15-32/h1-21,24-27H,22-23,28-29H2,(H,41,48)(H,42,44)(H,45,47). The summed E-state index contributed by atoms with van der Waals surface area (Å²) in [4.78, 5) is 29.8. The van der Waals surface area contributed by atoms with Gasteiger partial charge >= 0.3 is 0 Å². The highest BCUT2D eigenvalue weighted by Gasteiger charge is 2.18. The maximum atomic E-state index is 13.0. The smallest absolute Gasteiger partial charge is 0.265 e. The lowest BCUT2D eigenvalue weighted by atomic mass is 10.1. The minimum Gasteiger partial charge on any atom is -0.489 e. The summed E-state index contributed by atoms with van der Waals surface area (Å²) in [7, 11) is -4.22. The molecule has 3 N–H and O–H groups in total. The zero-order valence-electron chi connectivity index (χ0n) is 28.1. The number of hydrazone groups is 1. The zero-order valence-corrected chi connectivity index (χ0v) is 28.9. The Kier molecular flexibility index (Phi) is 11.5. The molecule has 2 amide bonds. The molecule has 0 saturated carbocycles. The van der Waals surface area contributed by atoms with Crippen molar-refractivity contribution in [2.45, 2.75) is 24.5 Å². The molecule has 4 aromatic carbocycles. The lowest BCUT2D eigenvalue weighted by Crippen LogP contribution is -2.29. The van der Waals surface area contributed by atoms with Crippen LogP contribution >= 0.6 is 0 Å². The first-order chi connectivity index (χ1) is 25.3. The van der Waals surface area contributed by atoms with E-state index in [9.17, 15) is 18.0 Å². The number of ether oxygens (including phenoxy) is 1. The Bertz CT molecular complexity index is 2290. The van der Waals surface area contributed by atoms with E-state index in [0.717, 1.165) is 39.9 Å². The molecule has 0 aliphatic rings. The van der Waals surface area contributed by atoms with E-state index in [-0.39, 0.29) is 17.3 Å². The van der Waals surface area contributed by atoms with Gasteiger partial charge in [0.25, 0.3) is 15.9 Å². The molecule has 0 aliphatic heterocycles. The van der Waals surface area contributed by atoms with Gasteiger partial charge in [0.1, 0.15) is 29.6 Å². The number of hydrogen-bond donors (Lipinski definition) is 3. The molecule has 0 fully saturated rings. The molecule has 262 valence electrons. The zero-order chi connectivity index (χ0) is 36.2. The number of nitrogens with one attached hydrogen (secondary N) is 3. The van der Waals surface area contributed by atoms with E-state index in [4.69, 9.17) is 4.74 Å². The molecule has 2 aromatic heterocycles. The Morgan fingerprint density at radius 3 is 2.27 bits per heavy atom. The van der Waals surface area contributed by atoms with E-state index in [1.807, 2.05) is 109 Å². The summed E-state index contributed by atoms with van der Waals surface area (Å²) in [5.74, 6) is -0.106. The number of sulfonamides is 1. The van der Waals surface area contributed by atoms with E-state index >= 15 is 0 Å². The molecule has 0 unspecified atom stereocenters. The maximum Gasteiger partial charge on any atom is 0.265 e. The van der Waals surface area contributed by atoms with Crippen molar-refractivity contribution in [3.05, 3.63) is 162 Å². The molecular weight excluding hydrogens is 677 g/mol. The van der Waals surface area contributed by atoms with Gasteiger partial charge < -0.3 is 14.6 Å². The summed E-state index contributed by atoms with van der Waals surface area (Å²) in [6, 6.07) is 37.4. The predicted molar refractivity (Wildman–Crippen MR) is 202 cm³/mol. The summed E-state index contributed by atoms with van der Waals surface area (Å²) in [6.45, 7) is 0.881. The summed E-state index contributed by atoms with van der Waals surface area (Å²) < 4.78 is 35.9. The summed E-state index contributed by atoms with van der Waals surface area (Å²) in [5.41, 5.74) is 7.09. The van der Waals surface area contributed by atoms with Crippen molar-refractivity contribution in [1.29, 1.82) is 0 Å². The van der Waals surface area contributed by atoms with Gasteiger partial charge in [0, 0.05) is 41.5 Å². The average Bonchev–Trinajstić information content (AvgIpc) is 3.50. The van der Waals surface area contributed by atoms with Gasteiger partial charge in [-0.2, -0.15) is 5.10 Å². The number of benzene rings is 4. The van der Waals surface area contributed by atoms with Gasteiger partial charge in [0.2, 0.25) is 5.91 Å². The lowest BCUT2D eigenvalue weighted by Gasteiger charge is -2.09. The first kappa shape index (κ1) is 35.3. The number of hydrogen-bond acceptors (Lipinski definition) is 8. The number of aromatic nitrogens is 2. The number of fused-ring (bicyclic) bond motifs is 1. The van der Waals surface area contributed by atoms with Crippen molar-refractivity contribution in [2.75, 3.05) is 12.0 Å². The fourth-order valence-electron chi connectivity index (χ4n) is 5.31. The molecule has 0 bridgehead atoms. The van der Waals surface area contributed by atoms with Crippen molar-refractivity contribution in [3.8, 4) is 5.75 Å². The lowest BCUT2D eigenvalue weighted by molar-refractivity contribution is -0.121. The van der Waals surface area contributed by atoms with Gasteiger partial charge in [-0.1, -0.05) is 91.0 Å². The Balaban J connectivity index is 1.14. The Morgan fingerprint density at radius 2 is 1.56 bits per heavy atom. The van der Waals surface area contributed by atoms with E-state index in [1.165, 1.54) is 18.2 Å². The first-order valence-electron chi connectivity index (χ1n) is 16.5. The third-order valence-electron chi connectivity index (χ3n) is 7.91. The fourth-order valence-corrected chi connectivity index (χ4v) is 6.20. The van der Waals surface area contributed by atoms with Crippen molar-refractivity contribution in [3.63, 3.8) is 0 Å². The van der Waals surface area contributed by atoms with Gasteiger partial charge in [0.05, 0.1) is 6.21 Å². The fraction of sp³-hybridized carbons (Fsp3) is 0.100. The monoisotopic (exact) mass is 712 g/mol. The molecule has 6 rings (SSSR count). The molecule has 0 saturated heterocycles. The van der Waals surface area contributed by atoms with Crippen LogP contribution in [-0.4, -0.2) is 42.5 Å². The predicted octanol–water partition coefficient (Wildman–Crippen LogP) is 5.94. The van der Waals surface area contributed by atoms with Gasteiger partial charge in [-0.05, 0) is 59.5 Å². The van der Waals surface area contributed by atoms with Crippen molar-refractivity contribution < 1.29 is 22.7 Å². The quantitative estimate of drug-likeness (QED) is 0.0680. The van der Waals surface area contributed by atoms with Crippen LogP contribution in [0.2, 0.25) is 0 Å². The third-order valence-corrected chi connectivity index (χ3v) is 9.24. The average molecular weight is 713 g/mol. The normalized spacial score (nSPS) is 11.5. The second-order valence-electron chi connectivity index (χ2n) is 11.7. The number of amides is 2. The molecule has 12 heteroatoms. The van der Waals surface area contributed by atoms with Gasteiger partial charge in [-0.25, -0.2) is 18.1 Å². The van der Waals surface area contributed by atoms with Gasteiger partial charge in [-0.3, -0.25) is 15.0 Å². The SMILES string of the molecule is O=C(C=Cc1cn(CC(=O)NCCc2ccccc2)c2ccc(OCc3ccccc3)cc12)NS(=O)(=O)c1ccc(NN=Cc2ccccc2)nc1. The van der Waals surface area contributed by atoms with Crippen molar-refractivity contribution in [1.82, 2.24) is 19.6 Å². The molecule has 52 heavy (non-hydrogen) atoms. The second-order valence-corrected chi connectivity index (χ2v) is 13.4. The topological polar surface area (TPSA) is 144 Å². The largest absolute Gasteiger partial charge is 0.489 e. The Labute approximate surface area is 301 Å². The minimum atomic E-state index is -4.22. The van der Waals surface area contributed by atoms with Crippen LogP contribution in [0.4, 0.5) is 5.82 Å². The van der Waals surface area contributed by atoms with E-state index in [2.05, 4.69) is 25.6 Å². The van der Waals surface area contributed by atoms with Gasteiger partial charge in [0.15, 0.2) is 0 Å². The molecular formula is C40H36N6O5S. The molecule has 0 aliphatic carbocycles. The summed E-state index contributed by atoms with van der Waals surface area (Å²) >= 11 is 0. The second kappa shape index (κ2) is 16.9. The highest BCUT2D eigenvalue weighted by Crippen LogP contribution is 2.28. The Hall–Kier alpha value is -6.53. The van der Waals surface area contributed by atoms with Crippen LogP contribution in [0, 0.1) is 0 Å². The minimum absolute atomic E-state index is 0.0410. The van der Waals surface area contributed by atoms with Crippen molar-refractivity contribution >= 4 is 50.8 Å². The van der Waals surface area contributed by atoms with Crippen LogP contribution in [0.15, 0.2) is 150 Å². The molecule has 6 aromatic rings. The third kappa shape index (κ3) is 9.79. The summed E-state index contributed by atoms with van der Waals surface area (Å²) in [5, 5.41) is 7.79. The number of anilines is 1. The maximum absolute atomic E-state index is 13.0. The molecule has 11 nitrogen and oxygen atoms in total. The number of carbonyl (C=O) groups excluding carboxylic acids is 2. The molecule has 0 radical (unpaired) electrons. The highest BCUT2D eigenvalue weighted by molar-refractivity contribution is 7.90. The van der Waals surface area contributed by atoms with Crippen LogP contribution in [0.25, 0.3) is 17.0 Å². The highest BCUT2D eigenvalue weighted by atomic mass is 32.2. The van der Waals surface area contributed by atoms with Gasteiger partial charge in [-0.15, -0.1) is 0 Å². The number of carbonyl (C=O) groups is 2. The van der Waals surface area contributed by atoms with E-state index in [0.29, 0.717) is 36.7 Å². The Morgan fingerprint density at radius 1 is 0.846 bits per heavy atom. The molecule has 2 heterocycles. The summed E-state index contributed by atoms with van der Waals surface area (Å²) in [6.07, 6.45) is 7.83. The first-order valence-corrected chi connectivity index (χ1v) is 18.0. The molecule has 0 spiro atoms. The van der Waals surface area contributed by atoms with Crippen molar-refractivity contribution in [2.24, 2.45) is 5.10 Å². The molecule has 0 atom stereocenters. The number of nitrogens with zero attached hydrogens (tertiary/aromatic N) is 3. The van der Waals surface area contributed by atoms with Crippen LogP contribution in [0.5, 0.6) is 5.75 Å². The van der Waals surface area contributed by atoms with Crippen LogP contribution in [0.3, 0.4) is 0 Å². The van der Waals surface area contributed by atoms with E-state index in [1.54, 1.807) is 17.0 Å². The van der Waals surface area contributed by atoms with Crippen LogP contribution in [-0.2, 0) is 39.2 Å².